The molecule has 2 aromatic carbocycles. The number of nitrogens with zero attached hydrogens (tertiary/aromatic N) is 1. The highest BCUT2D eigenvalue weighted by Gasteiger charge is 2.28. The number of halogens is 1. The molecule has 1 aliphatic carbocycles. The Morgan fingerprint density at radius 2 is 1.81 bits per heavy atom. The highest BCUT2D eigenvalue weighted by molar-refractivity contribution is 9.10. The predicted molar refractivity (Wildman–Crippen MR) is 126 cm³/mol. The van der Waals surface area contributed by atoms with Crippen molar-refractivity contribution in [2.45, 2.75) is 65.1 Å². The number of aryl methyl sites for hydroxylation is 2. The van der Waals surface area contributed by atoms with Crippen LogP contribution < -0.4 is 10.1 Å². The number of ether oxygens (including phenoxy) is 1. The van der Waals surface area contributed by atoms with Crippen molar-refractivity contribution in [1.82, 2.24) is 10.2 Å². The molecule has 166 valence electrons. The van der Waals surface area contributed by atoms with Crippen LogP contribution in [0.4, 0.5) is 0 Å². The second-order valence-electron chi connectivity index (χ2n) is 8.37. The summed E-state index contributed by atoms with van der Waals surface area (Å²) in [4.78, 5) is 27.7. The molecule has 2 amide bonds. The molecule has 1 saturated carbocycles. The largest absolute Gasteiger partial charge is 0.483 e. The van der Waals surface area contributed by atoms with Crippen LogP contribution in [0.25, 0.3) is 0 Å². The summed E-state index contributed by atoms with van der Waals surface area (Å²) in [6, 6.07) is 13.3. The lowest BCUT2D eigenvalue weighted by atomic mass is 10.1. The Hall–Kier alpha value is -2.34. The number of benzene rings is 2. The van der Waals surface area contributed by atoms with E-state index in [-0.39, 0.29) is 24.5 Å². The number of rotatable bonds is 8. The lowest BCUT2D eigenvalue weighted by molar-refractivity contribution is -0.142. The minimum absolute atomic E-state index is 0.107. The van der Waals surface area contributed by atoms with Gasteiger partial charge in [0, 0.05) is 17.1 Å². The van der Waals surface area contributed by atoms with Gasteiger partial charge in [0.05, 0.1) is 0 Å². The van der Waals surface area contributed by atoms with Gasteiger partial charge in [0.1, 0.15) is 11.8 Å². The molecule has 0 radical (unpaired) electrons. The first kappa shape index (κ1) is 23.3. The molecule has 2 aromatic rings. The van der Waals surface area contributed by atoms with E-state index in [1.165, 1.54) is 0 Å². The first-order chi connectivity index (χ1) is 14.8. The lowest BCUT2D eigenvalue weighted by Crippen LogP contribution is -2.50. The van der Waals surface area contributed by atoms with E-state index < -0.39 is 6.04 Å². The molecule has 0 aromatic heterocycles. The van der Waals surface area contributed by atoms with E-state index in [4.69, 9.17) is 4.74 Å². The van der Waals surface area contributed by atoms with Gasteiger partial charge in [-0.3, -0.25) is 9.59 Å². The fourth-order valence-corrected chi connectivity index (χ4v) is 4.11. The molecule has 3 rings (SSSR count). The maximum atomic E-state index is 13.2. The van der Waals surface area contributed by atoms with Crippen LogP contribution in [-0.2, 0) is 16.1 Å². The second-order valence-corrected chi connectivity index (χ2v) is 9.29. The molecule has 0 heterocycles. The molecule has 31 heavy (non-hydrogen) atoms. The minimum Gasteiger partial charge on any atom is -0.483 e. The number of carbonyl (C=O) groups excluding carboxylic acids is 2. The van der Waals surface area contributed by atoms with Crippen LogP contribution in [-0.4, -0.2) is 35.4 Å². The molecular weight excluding hydrogens is 456 g/mol. The van der Waals surface area contributed by atoms with Crippen LogP contribution in [0.1, 0.15) is 49.3 Å². The summed E-state index contributed by atoms with van der Waals surface area (Å²) in [7, 11) is 0. The third kappa shape index (κ3) is 6.57. The summed E-state index contributed by atoms with van der Waals surface area (Å²) >= 11 is 3.44. The van der Waals surface area contributed by atoms with Crippen molar-refractivity contribution in [3.05, 3.63) is 63.6 Å². The van der Waals surface area contributed by atoms with E-state index in [1.807, 2.05) is 56.3 Å². The van der Waals surface area contributed by atoms with Crippen LogP contribution in [0.15, 0.2) is 46.9 Å². The van der Waals surface area contributed by atoms with Crippen molar-refractivity contribution in [3.8, 4) is 5.75 Å². The van der Waals surface area contributed by atoms with E-state index >= 15 is 0 Å². The van der Waals surface area contributed by atoms with Gasteiger partial charge in [-0.05, 0) is 68.5 Å². The Labute approximate surface area is 193 Å². The SMILES string of the molecule is Cc1ccc(C)c(OCC(=O)N(Cc2ccc(Br)cc2)[C@H](C)C(=O)NC2CCCC2)c1. The first-order valence-electron chi connectivity index (χ1n) is 10.9. The monoisotopic (exact) mass is 486 g/mol. The van der Waals surface area contributed by atoms with Gasteiger partial charge in [0.25, 0.3) is 5.91 Å². The molecule has 6 heteroatoms. The van der Waals surface area contributed by atoms with Crippen molar-refractivity contribution in [3.63, 3.8) is 0 Å². The lowest BCUT2D eigenvalue weighted by Gasteiger charge is -2.29. The average Bonchev–Trinajstić information content (AvgIpc) is 3.26. The van der Waals surface area contributed by atoms with E-state index in [1.54, 1.807) is 11.8 Å². The van der Waals surface area contributed by atoms with Crippen molar-refractivity contribution >= 4 is 27.7 Å². The van der Waals surface area contributed by atoms with E-state index in [9.17, 15) is 9.59 Å². The van der Waals surface area contributed by atoms with Gasteiger partial charge in [-0.1, -0.05) is 53.0 Å². The summed E-state index contributed by atoms with van der Waals surface area (Å²) < 4.78 is 6.82. The van der Waals surface area contributed by atoms with Gasteiger partial charge in [-0.25, -0.2) is 0 Å². The molecule has 5 nitrogen and oxygen atoms in total. The third-order valence-corrected chi connectivity index (χ3v) is 6.36. The Morgan fingerprint density at radius 1 is 1.13 bits per heavy atom. The highest BCUT2D eigenvalue weighted by Crippen LogP contribution is 2.21. The Bertz CT molecular complexity index is 907. The first-order valence-corrected chi connectivity index (χ1v) is 11.7. The van der Waals surface area contributed by atoms with Crippen LogP contribution in [0.3, 0.4) is 0 Å². The van der Waals surface area contributed by atoms with Crippen LogP contribution in [0.5, 0.6) is 5.75 Å². The molecule has 0 spiro atoms. The summed E-state index contributed by atoms with van der Waals surface area (Å²) in [5, 5.41) is 3.12. The van der Waals surface area contributed by atoms with Gasteiger partial charge in [0.2, 0.25) is 5.91 Å². The van der Waals surface area contributed by atoms with Gasteiger partial charge in [0.15, 0.2) is 6.61 Å². The molecule has 0 saturated heterocycles. The molecular formula is C25H31BrN2O3. The summed E-state index contributed by atoms with van der Waals surface area (Å²) in [6.07, 6.45) is 4.30. The van der Waals surface area contributed by atoms with E-state index in [0.29, 0.717) is 12.3 Å². The Kier molecular flexibility index (Phi) is 8.13. The number of hydrogen-bond acceptors (Lipinski definition) is 3. The molecule has 0 aliphatic heterocycles. The van der Waals surface area contributed by atoms with Gasteiger partial charge in [-0.2, -0.15) is 0 Å². The van der Waals surface area contributed by atoms with E-state index in [2.05, 4.69) is 21.2 Å². The van der Waals surface area contributed by atoms with Crippen LogP contribution in [0, 0.1) is 13.8 Å². The van der Waals surface area contributed by atoms with Gasteiger partial charge in [-0.15, -0.1) is 0 Å². The smallest absolute Gasteiger partial charge is 0.261 e. The van der Waals surface area contributed by atoms with Crippen LogP contribution in [0.2, 0.25) is 0 Å². The van der Waals surface area contributed by atoms with Crippen molar-refractivity contribution in [2.24, 2.45) is 0 Å². The van der Waals surface area contributed by atoms with Crippen LogP contribution >= 0.6 is 15.9 Å². The second kappa shape index (κ2) is 10.8. The zero-order valence-corrected chi connectivity index (χ0v) is 20.1. The van der Waals surface area contributed by atoms with Gasteiger partial charge < -0.3 is 15.0 Å². The highest BCUT2D eigenvalue weighted by atomic mass is 79.9. The fraction of sp³-hybridized carbons (Fsp3) is 0.440. The summed E-state index contributed by atoms with van der Waals surface area (Å²) in [5.74, 6) is 0.377. The van der Waals surface area contributed by atoms with Crippen molar-refractivity contribution < 1.29 is 14.3 Å². The Balaban J connectivity index is 1.72. The molecule has 1 fully saturated rings. The molecule has 0 bridgehead atoms. The number of hydrogen-bond donors (Lipinski definition) is 1. The van der Waals surface area contributed by atoms with Gasteiger partial charge >= 0.3 is 0 Å². The molecule has 1 aliphatic rings. The normalized spacial score (nSPS) is 14.8. The zero-order chi connectivity index (χ0) is 22.4. The maximum absolute atomic E-state index is 13.2. The quantitative estimate of drug-likeness (QED) is 0.575. The zero-order valence-electron chi connectivity index (χ0n) is 18.5. The third-order valence-electron chi connectivity index (χ3n) is 5.83. The molecule has 1 N–H and O–H groups in total. The number of amides is 2. The summed E-state index contributed by atoms with van der Waals surface area (Å²) in [6.45, 7) is 5.97. The van der Waals surface area contributed by atoms with Crippen molar-refractivity contribution in [2.75, 3.05) is 6.61 Å². The summed E-state index contributed by atoms with van der Waals surface area (Å²) in [5.41, 5.74) is 3.01. The Morgan fingerprint density at radius 3 is 2.48 bits per heavy atom. The fourth-order valence-electron chi connectivity index (χ4n) is 3.85. The predicted octanol–water partition coefficient (Wildman–Crippen LogP) is 4.92. The van der Waals surface area contributed by atoms with Crippen molar-refractivity contribution in [1.29, 1.82) is 0 Å². The average molecular weight is 487 g/mol. The molecule has 0 unspecified atom stereocenters. The number of carbonyl (C=O) groups is 2. The van der Waals surface area contributed by atoms with E-state index in [0.717, 1.165) is 46.8 Å². The number of nitrogens with one attached hydrogen (secondary N) is 1. The topological polar surface area (TPSA) is 58.6 Å². The standard InChI is InChI=1S/C25H31BrN2O3/c1-17-8-9-18(2)23(14-17)31-16-24(29)28(15-20-10-12-21(26)13-11-20)19(3)25(30)27-22-6-4-5-7-22/h8-14,19,22H,4-7,15-16H2,1-3H3,(H,27,30)/t19-/m1/s1. The minimum atomic E-state index is -0.584. The molecule has 1 atom stereocenters. The maximum Gasteiger partial charge on any atom is 0.261 e.